The first-order chi connectivity index (χ1) is 9.56. The maximum Gasteiger partial charge on any atom is 0.433 e. The monoisotopic (exact) mass is 278 g/mol. The van der Waals surface area contributed by atoms with Crippen molar-refractivity contribution in [2.24, 2.45) is 10.2 Å². The summed E-state index contributed by atoms with van der Waals surface area (Å²) in [4.78, 5) is 19.4. The largest absolute Gasteiger partial charge is 0.433 e. The normalized spacial score (nSPS) is 11.4. The zero-order valence-electron chi connectivity index (χ0n) is 9.70. The van der Waals surface area contributed by atoms with Crippen LogP contribution in [0, 0.1) is 20.2 Å². The van der Waals surface area contributed by atoms with E-state index in [9.17, 15) is 20.2 Å². The number of rotatable bonds is 5. The van der Waals surface area contributed by atoms with E-state index in [-0.39, 0.29) is 11.5 Å². The van der Waals surface area contributed by atoms with Gasteiger partial charge in [-0.3, -0.25) is 20.2 Å². The second kappa shape index (κ2) is 5.56. The predicted octanol–water partition coefficient (Wildman–Crippen LogP) is 2.14. The SMILES string of the molecule is O=[N+]([O-])c1ccc(/C=N\N=C/c2ccc([N+](=O)[O-])o2)o1. The molecule has 0 aliphatic rings. The van der Waals surface area contributed by atoms with Gasteiger partial charge in [-0.15, -0.1) is 0 Å². The predicted molar refractivity (Wildman–Crippen MR) is 65.9 cm³/mol. The molecule has 0 amide bonds. The van der Waals surface area contributed by atoms with E-state index in [2.05, 4.69) is 10.2 Å². The van der Waals surface area contributed by atoms with Gasteiger partial charge < -0.3 is 8.83 Å². The molecule has 20 heavy (non-hydrogen) atoms. The molecule has 0 bridgehead atoms. The van der Waals surface area contributed by atoms with Crippen LogP contribution in [0.25, 0.3) is 0 Å². The van der Waals surface area contributed by atoms with Crippen LogP contribution in [0.1, 0.15) is 11.5 Å². The first-order valence-corrected chi connectivity index (χ1v) is 5.11. The van der Waals surface area contributed by atoms with Crippen LogP contribution in [-0.4, -0.2) is 22.3 Å². The van der Waals surface area contributed by atoms with E-state index < -0.39 is 21.6 Å². The van der Waals surface area contributed by atoms with Crippen LogP contribution < -0.4 is 0 Å². The smallest absolute Gasteiger partial charge is 0.400 e. The number of hydrogen-bond donors (Lipinski definition) is 0. The first-order valence-electron chi connectivity index (χ1n) is 5.11. The molecule has 0 unspecified atom stereocenters. The molecule has 0 fully saturated rings. The third-order valence-corrected chi connectivity index (χ3v) is 2.02. The van der Waals surface area contributed by atoms with Gasteiger partial charge in [0.05, 0.1) is 24.6 Å². The Bertz CT molecular complexity index is 638. The van der Waals surface area contributed by atoms with Gasteiger partial charge in [0, 0.05) is 0 Å². The first kappa shape index (κ1) is 13.1. The lowest BCUT2D eigenvalue weighted by Crippen LogP contribution is -1.83. The van der Waals surface area contributed by atoms with E-state index in [1.165, 1.54) is 24.3 Å². The number of nitrogens with zero attached hydrogens (tertiary/aromatic N) is 4. The molecule has 10 heteroatoms. The van der Waals surface area contributed by atoms with Gasteiger partial charge in [0.1, 0.15) is 9.85 Å². The molecule has 2 rings (SSSR count). The summed E-state index contributed by atoms with van der Waals surface area (Å²) in [6.07, 6.45) is 2.31. The molecular formula is C10H6N4O6. The average Bonchev–Trinajstić information content (AvgIpc) is 3.04. The van der Waals surface area contributed by atoms with Gasteiger partial charge in [-0.1, -0.05) is 0 Å². The Morgan fingerprint density at radius 2 is 1.25 bits per heavy atom. The molecule has 0 spiro atoms. The van der Waals surface area contributed by atoms with Crippen LogP contribution in [-0.2, 0) is 0 Å². The third-order valence-electron chi connectivity index (χ3n) is 2.02. The molecule has 0 saturated heterocycles. The van der Waals surface area contributed by atoms with E-state index in [4.69, 9.17) is 8.83 Å². The van der Waals surface area contributed by atoms with Crippen LogP contribution in [0.5, 0.6) is 0 Å². The van der Waals surface area contributed by atoms with Gasteiger partial charge in [-0.05, 0) is 12.1 Å². The minimum absolute atomic E-state index is 0.152. The maximum absolute atomic E-state index is 10.4. The van der Waals surface area contributed by atoms with E-state index in [1.54, 1.807) is 0 Å². The van der Waals surface area contributed by atoms with Crippen molar-refractivity contribution in [3.63, 3.8) is 0 Å². The fraction of sp³-hybridized carbons (Fsp3) is 0. The van der Waals surface area contributed by atoms with Crippen LogP contribution >= 0.6 is 0 Å². The minimum atomic E-state index is -0.678. The quantitative estimate of drug-likeness (QED) is 0.466. The summed E-state index contributed by atoms with van der Waals surface area (Å²) in [6, 6.07) is 5.08. The Morgan fingerprint density at radius 3 is 1.55 bits per heavy atom. The van der Waals surface area contributed by atoms with Crippen molar-refractivity contribution in [2.45, 2.75) is 0 Å². The lowest BCUT2D eigenvalue weighted by molar-refractivity contribution is -0.402. The highest BCUT2D eigenvalue weighted by atomic mass is 16.7. The van der Waals surface area contributed by atoms with Crippen molar-refractivity contribution in [3.8, 4) is 0 Å². The van der Waals surface area contributed by atoms with Crippen LogP contribution in [0.4, 0.5) is 11.8 Å². The zero-order valence-corrected chi connectivity index (χ0v) is 9.70. The summed E-state index contributed by atoms with van der Waals surface area (Å²) < 4.78 is 9.60. The average molecular weight is 278 g/mol. The van der Waals surface area contributed by atoms with Crippen molar-refractivity contribution < 1.29 is 18.7 Å². The second-order valence-electron chi connectivity index (χ2n) is 3.36. The highest BCUT2D eigenvalue weighted by Crippen LogP contribution is 2.15. The topological polar surface area (TPSA) is 137 Å². The molecular weight excluding hydrogens is 272 g/mol. The van der Waals surface area contributed by atoms with Gasteiger partial charge in [-0.25, -0.2) is 0 Å². The number of furan rings is 2. The lowest BCUT2D eigenvalue weighted by atomic mass is 10.5. The zero-order chi connectivity index (χ0) is 14.5. The molecule has 0 aliphatic heterocycles. The Labute approximate surface area is 110 Å². The van der Waals surface area contributed by atoms with Crippen molar-refractivity contribution in [2.75, 3.05) is 0 Å². The molecule has 0 aliphatic carbocycles. The van der Waals surface area contributed by atoms with Gasteiger partial charge >= 0.3 is 11.8 Å². The van der Waals surface area contributed by atoms with E-state index >= 15 is 0 Å². The molecule has 0 aromatic carbocycles. The highest BCUT2D eigenvalue weighted by Gasteiger charge is 2.11. The standard InChI is InChI=1S/C10H6N4O6/c15-13(16)9-3-1-7(19-9)5-11-12-6-8-2-4-10(20-8)14(17)18/h1-6H/b11-5-,12-6-. The molecule has 102 valence electrons. The molecule has 10 nitrogen and oxygen atoms in total. The Morgan fingerprint density at radius 1 is 0.850 bits per heavy atom. The fourth-order valence-corrected chi connectivity index (χ4v) is 1.20. The molecule has 0 atom stereocenters. The molecule has 0 radical (unpaired) electrons. The fourth-order valence-electron chi connectivity index (χ4n) is 1.20. The van der Waals surface area contributed by atoms with E-state index in [0.29, 0.717) is 0 Å². The van der Waals surface area contributed by atoms with Crippen molar-refractivity contribution >= 4 is 24.2 Å². The Hall–Kier alpha value is -3.30. The molecule has 0 N–H and O–H groups in total. The van der Waals surface area contributed by atoms with Crippen molar-refractivity contribution in [3.05, 3.63) is 56.0 Å². The van der Waals surface area contributed by atoms with Gasteiger partial charge in [-0.2, -0.15) is 10.2 Å². The van der Waals surface area contributed by atoms with Crippen LogP contribution in [0.15, 0.2) is 43.3 Å². The number of nitro groups is 2. The van der Waals surface area contributed by atoms with Gasteiger partial charge in [0.25, 0.3) is 0 Å². The summed E-state index contributed by atoms with van der Waals surface area (Å²) in [5, 5.41) is 27.8. The third kappa shape index (κ3) is 3.13. The van der Waals surface area contributed by atoms with E-state index in [0.717, 1.165) is 12.4 Å². The summed E-state index contributed by atoms with van der Waals surface area (Å²) >= 11 is 0. The molecule has 2 heterocycles. The van der Waals surface area contributed by atoms with Crippen molar-refractivity contribution in [1.82, 2.24) is 0 Å². The summed E-state index contributed by atoms with van der Waals surface area (Å²) in [6.45, 7) is 0. The van der Waals surface area contributed by atoms with Crippen molar-refractivity contribution in [1.29, 1.82) is 0 Å². The Kier molecular flexibility index (Phi) is 3.65. The molecule has 2 aromatic heterocycles. The Balaban J connectivity index is 1.99. The van der Waals surface area contributed by atoms with Crippen LogP contribution in [0.3, 0.4) is 0 Å². The summed E-state index contributed by atoms with van der Waals surface area (Å²) in [7, 11) is 0. The number of hydrogen-bond acceptors (Lipinski definition) is 8. The second-order valence-corrected chi connectivity index (χ2v) is 3.36. The summed E-state index contributed by atoms with van der Waals surface area (Å²) in [5.41, 5.74) is 0. The molecule has 0 saturated carbocycles. The minimum Gasteiger partial charge on any atom is -0.400 e. The van der Waals surface area contributed by atoms with Crippen LogP contribution in [0.2, 0.25) is 0 Å². The maximum atomic E-state index is 10.4. The summed E-state index contributed by atoms with van der Waals surface area (Å²) in [5.74, 6) is -0.507. The lowest BCUT2D eigenvalue weighted by Gasteiger charge is -1.83. The van der Waals surface area contributed by atoms with E-state index in [1.807, 2.05) is 0 Å². The highest BCUT2D eigenvalue weighted by molar-refractivity contribution is 5.79. The molecule has 2 aromatic rings. The van der Waals surface area contributed by atoms with Gasteiger partial charge in [0.2, 0.25) is 0 Å². The van der Waals surface area contributed by atoms with Gasteiger partial charge in [0.15, 0.2) is 11.5 Å².